The molecule has 0 aliphatic heterocycles. The van der Waals surface area contributed by atoms with Crippen LogP contribution in [-0.2, 0) is 4.79 Å². The first-order valence-corrected chi connectivity index (χ1v) is 11.2. The standard InChI is InChI=1S/C23H18Cl2N4OS/c1-15-7-9-16(10-8-15)22-27-28-23(29(22)18-5-3-2-4-6-18)31-14-21(30)26-17-11-12-19(24)20(25)13-17/h2-13H,14H2,1H3,(H,26,30). The molecule has 4 rings (SSSR count). The molecule has 1 N–H and O–H groups in total. The van der Waals surface area contributed by atoms with Gasteiger partial charge in [0.25, 0.3) is 0 Å². The molecule has 0 aliphatic rings. The summed E-state index contributed by atoms with van der Waals surface area (Å²) in [7, 11) is 0. The van der Waals surface area contributed by atoms with Crippen molar-refractivity contribution >= 4 is 46.6 Å². The Morgan fingerprint density at radius 3 is 2.42 bits per heavy atom. The zero-order valence-corrected chi connectivity index (χ0v) is 18.9. The van der Waals surface area contributed by atoms with Crippen LogP contribution in [0, 0.1) is 6.92 Å². The number of carbonyl (C=O) groups is 1. The Balaban J connectivity index is 1.57. The van der Waals surface area contributed by atoms with Gasteiger partial charge in [-0.3, -0.25) is 9.36 Å². The predicted molar refractivity (Wildman–Crippen MR) is 127 cm³/mol. The summed E-state index contributed by atoms with van der Waals surface area (Å²) in [4.78, 5) is 12.5. The summed E-state index contributed by atoms with van der Waals surface area (Å²) in [5.74, 6) is 0.709. The molecule has 5 nitrogen and oxygen atoms in total. The van der Waals surface area contributed by atoms with E-state index in [-0.39, 0.29) is 11.7 Å². The van der Waals surface area contributed by atoms with Crippen LogP contribution in [0.4, 0.5) is 5.69 Å². The number of nitrogens with zero attached hydrogens (tertiary/aromatic N) is 3. The second-order valence-electron chi connectivity index (χ2n) is 6.81. The van der Waals surface area contributed by atoms with Crippen molar-refractivity contribution in [2.24, 2.45) is 0 Å². The molecule has 0 aliphatic carbocycles. The van der Waals surface area contributed by atoms with E-state index in [9.17, 15) is 4.79 Å². The van der Waals surface area contributed by atoms with Crippen LogP contribution in [0.25, 0.3) is 17.1 Å². The third-order valence-electron chi connectivity index (χ3n) is 4.49. The van der Waals surface area contributed by atoms with Crippen LogP contribution in [0.2, 0.25) is 10.0 Å². The Morgan fingerprint density at radius 2 is 1.71 bits per heavy atom. The first kappa shape index (κ1) is 21.4. The lowest BCUT2D eigenvalue weighted by Gasteiger charge is -2.11. The first-order chi connectivity index (χ1) is 15.0. The molecular weight excluding hydrogens is 451 g/mol. The second-order valence-corrected chi connectivity index (χ2v) is 8.57. The highest BCUT2D eigenvalue weighted by atomic mass is 35.5. The number of amides is 1. The van der Waals surface area contributed by atoms with E-state index in [0.29, 0.717) is 20.9 Å². The Kier molecular flexibility index (Phi) is 6.61. The number of aryl methyl sites for hydroxylation is 1. The van der Waals surface area contributed by atoms with E-state index in [2.05, 4.69) is 15.5 Å². The molecule has 0 saturated heterocycles. The normalized spacial score (nSPS) is 10.8. The highest BCUT2D eigenvalue weighted by molar-refractivity contribution is 7.99. The number of anilines is 1. The van der Waals surface area contributed by atoms with Crippen molar-refractivity contribution in [3.8, 4) is 17.1 Å². The molecule has 1 aromatic heterocycles. The highest BCUT2D eigenvalue weighted by Gasteiger charge is 2.17. The number of carbonyl (C=O) groups excluding carboxylic acids is 1. The predicted octanol–water partition coefficient (Wildman–Crippen LogP) is 6.28. The summed E-state index contributed by atoms with van der Waals surface area (Å²) < 4.78 is 1.96. The average molecular weight is 469 g/mol. The number of benzene rings is 3. The maximum atomic E-state index is 12.5. The van der Waals surface area contributed by atoms with Crippen molar-refractivity contribution in [3.63, 3.8) is 0 Å². The Labute approximate surface area is 194 Å². The van der Waals surface area contributed by atoms with Gasteiger partial charge in [0.2, 0.25) is 5.91 Å². The number of hydrogen-bond donors (Lipinski definition) is 1. The van der Waals surface area contributed by atoms with E-state index in [1.165, 1.54) is 17.3 Å². The van der Waals surface area contributed by atoms with Crippen molar-refractivity contribution in [1.29, 1.82) is 0 Å². The van der Waals surface area contributed by atoms with E-state index < -0.39 is 0 Å². The van der Waals surface area contributed by atoms with Gasteiger partial charge in [-0.05, 0) is 37.3 Å². The van der Waals surface area contributed by atoms with Crippen LogP contribution in [0.1, 0.15) is 5.56 Å². The number of hydrogen-bond acceptors (Lipinski definition) is 4. The third-order valence-corrected chi connectivity index (χ3v) is 6.16. The summed E-state index contributed by atoms with van der Waals surface area (Å²) >= 11 is 13.3. The molecule has 1 heterocycles. The molecular formula is C23H18Cl2N4OS. The largest absolute Gasteiger partial charge is 0.325 e. The smallest absolute Gasteiger partial charge is 0.234 e. The van der Waals surface area contributed by atoms with Gasteiger partial charge in [0.05, 0.1) is 15.8 Å². The van der Waals surface area contributed by atoms with E-state index in [1.807, 2.05) is 66.1 Å². The number of halogens is 2. The second kappa shape index (κ2) is 9.56. The van der Waals surface area contributed by atoms with Gasteiger partial charge in [-0.2, -0.15) is 0 Å². The molecule has 156 valence electrons. The minimum Gasteiger partial charge on any atom is -0.325 e. The van der Waals surface area contributed by atoms with Crippen molar-refractivity contribution in [1.82, 2.24) is 14.8 Å². The van der Waals surface area contributed by atoms with E-state index >= 15 is 0 Å². The van der Waals surface area contributed by atoms with Crippen molar-refractivity contribution < 1.29 is 4.79 Å². The molecule has 0 radical (unpaired) electrons. The molecule has 1 amide bonds. The monoisotopic (exact) mass is 468 g/mol. The van der Waals surface area contributed by atoms with E-state index in [0.717, 1.165) is 17.1 Å². The van der Waals surface area contributed by atoms with Gasteiger partial charge in [-0.25, -0.2) is 0 Å². The summed E-state index contributed by atoms with van der Waals surface area (Å²) in [5, 5.41) is 13.0. The Bertz CT molecular complexity index is 1210. The molecule has 31 heavy (non-hydrogen) atoms. The SMILES string of the molecule is Cc1ccc(-c2nnc(SCC(=O)Nc3ccc(Cl)c(Cl)c3)n2-c2ccccc2)cc1. The number of para-hydroxylation sites is 1. The van der Waals surface area contributed by atoms with Crippen LogP contribution in [0.5, 0.6) is 0 Å². The molecule has 0 fully saturated rings. The average Bonchev–Trinajstić information content (AvgIpc) is 3.20. The van der Waals surface area contributed by atoms with Crippen LogP contribution >= 0.6 is 35.0 Å². The maximum absolute atomic E-state index is 12.5. The summed E-state index contributed by atoms with van der Waals surface area (Å²) in [5.41, 5.74) is 3.64. The van der Waals surface area contributed by atoms with Gasteiger partial charge in [0.1, 0.15) is 0 Å². The Morgan fingerprint density at radius 1 is 0.968 bits per heavy atom. The van der Waals surface area contributed by atoms with Crippen molar-refractivity contribution in [2.45, 2.75) is 12.1 Å². The van der Waals surface area contributed by atoms with Gasteiger partial charge >= 0.3 is 0 Å². The molecule has 0 saturated carbocycles. The molecule has 8 heteroatoms. The third kappa shape index (κ3) is 5.10. The topological polar surface area (TPSA) is 59.8 Å². The quantitative estimate of drug-likeness (QED) is 0.338. The van der Waals surface area contributed by atoms with Gasteiger partial charge in [-0.15, -0.1) is 10.2 Å². The minimum absolute atomic E-state index is 0.166. The molecule has 0 atom stereocenters. The van der Waals surface area contributed by atoms with Crippen LogP contribution in [-0.4, -0.2) is 26.4 Å². The number of rotatable bonds is 6. The molecule has 3 aromatic carbocycles. The maximum Gasteiger partial charge on any atom is 0.234 e. The zero-order valence-electron chi connectivity index (χ0n) is 16.5. The van der Waals surface area contributed by atoms with Crippen LogP contribution in [0.3, 0.4) is 0 Å². The lowest BCUT2D eigenvalue weighted by molar-refractivity contribution is -0.113. The van der Waals surface area contributed by atoms with E-state index in [4.69, 9.17) is 23.2 Å². The first-order valence-electron chi connectivity index (χ1n) is 9.47. The van der Waals surface area contributed by atoms with Crippen LogP contribution < -0.4 is 5.32 Å². The summed E-state index contributed by atoms with van der Waals surface area (Å²) in [6, 6.07) is 22.9. The number of thioether (sulfide) groups is 1. The fraction of sp³-hybridized carbons (Fsp3) is 0.0870. The summed E-state index contributed by atoms with van der Waals surface area (Å²) in [6.45, 7) is 2.04. The number of nitrogens with one attached hydrogen (secondary N) is 1. The fourth-order valence-electron chi connectivity index (χ4n) is 2.96. The lowest BCUT2D eigenvalue weighted by atomic mass is 10.1. The summed E-state index contributed by atoms with van der Waals surface area (Å²) in [6.07, 6.45) is 0. The Hall–Kier alpha value is -2.80. The fourth-order valence-corrected chi connectivity index (χ4v) is 4.01. The van der Waals surface area contributed by atoms with Crippen molar-refractivity contribution in [3.05, 3.63) is 88.4 Å². The van der Waals surface area contributed by atoms with Crippen molar-refractivity contribution in [2.75, 3.05) is 11.1 Å². The van der Waals surface area contributed by atoms with Gasteiger partial charge < -0.3 is 5.32 Å². The van der Waals surface area contributed by atoms with Gasteiger partial charge in [0.15, 0.2) is 11.0 Å². The van der Waals surface area contributed by atoms with Gasteiger partial charge in [-0.1, -0.05) is 83.0 Å². The van der Waals surface area contributed by atoms with Gasteiger partial charge in [0, 0.05) is 16.9 Å². The molecule has 4 aromatic rings. The minimum atomic E-state index is -0.178. The molecule has 0 spiro atoms. The lowest BCUT2D eigenvalue weighted by Crippen LogP contribution is -2.14. The molecule has 0 unspecified atom stereocenters. The number of aromatic nitrogens is 3. The van der Waals surface area contributed by atoms with E-state index in [1.54, 1.807) is 18.2 Å². The highest BCUT2D eigenvalue weighted by Crippen LogP contribution is 2.29. The zero-order chi connectivity index (χ0) is 21.8. The van der Waals surface area contributed by atoms with Crippen LogP contribution in [0.15, 0.2) is 78.0 Å². The molecule has 0 bridgehead atoms.